The third kappa shape index (κ3) is 9.04. The number of carbonyl (C=O) groups is 3. The molecule has 0 aliphatic carbocycles. The Hall–Kier alpha value is -3.50. The Morgan fingerprint density at radius 3 is 2.33 bits per heavy atom. The molecular formula is C29H40FN5O4. The highest BCUT2D eigenvalue weighted by Crippen LogP contribution is 2.18. The van der Waals surface area contributed by atoms with Crippen LogP contribution in [-0.2, 0) is 27.3 Å². The molecule has 3 N–H and O–H groups in total. The second-order valence-corrected chi connectivity index (χ2v) is 10.2. The van der Waals surface area contributed by atoms with Crippen LogP contribution in [0.25, 0.3) is 0 Å². The van der Waals surface area contributed by atoms with Crippen molar-refractivity contribution in [3.05, 3.63) is 71.5 Å². The molecule has 0 unspecified atom stereocenters. The maximum absolute atomic E-state index is 13.7. The Labute approximate surface area is 230 Å². The lowest BCUT2D eigenvalue weighted by Gasteiger charge is -2.42. The molecule has 1 saturated heterocycles. The van der Waals surface area contributed by atoms with Crippen LogP contribution in [-0.4, -0.2) is 79.2 Å². The molecule has 3 rings (SSSR count). The van der Waals surface area contributed by atoms with Crippen molar-refractivity contribution in [2.45, 2.75) is 52.0 Å². The number of likely N-dealkylation sites (N-methyl/N-ethyl adjacent to an activating group) is 1. The number of benzene rings is 2. The molecule has 0 saturated carbocycles. The van der Waals surface area contributed by atoms with E-state index in [1.54, 1.807) is 31.0 Å². The predicted molar refractivity (Wildman–Crippen MR) is 147 cm³/mol. The van der Waals surface area contributed by atoms with Crippen molar-refractivity contribution >= 4 is 17.9 Å². The average Bonchev–Trinajstić information content (AvgIpc) is 2.92. The number of hydrogen-bond donors (Lipinski definition) is 3. The topological polar surface area (TPSA) is 103 Å². The van der Waals surface area contributed by atoms with E-state index in [1.807, 2.05) is 44.2 Å². The Bertz CT molecular complexity index is 1080. The fourth-order valence-corrected chi connectivity index (χ4v) is 4.37. The number of alkyl carbamates (subject to hydrolysis) is 1. The fraction of sp³-hybridized carbons (Fsp3) is 0.483. The van der Waals surface area contributed by atoms with Gasteiger partial charge in [0.15, 0.2) is 6.23 Å². The largest absolute Gasteiger partial charge is 0.424 e. The molecule has 0 radical (unpaired) electrons. The van der Waals surface area contributed by atoms with E-state index < -0.39 is 24.4 Å². The zero-order chi connectivity index (χ0) is 28.4. The first-order valence-electron chi connectivity index (χ1n) is 13.4. The minimum atomic E-state index is -0.833. The highest BCUT2D eigenvalue weighted by Gasteiger charge is 2.38. The smallest absolute Gasteiger partial charge is 0.409 e. The lowest BCUT2D eigenvalue weighted by Crippen LogP contribution is -2.62. The Morgan fingerprint density at radius 2 is 1.69 bits per heavy atom. The second-order valence-electron chi connectivity index (χ2n) is 10.2. The summed E-state index contributed by atoms with van der Waals surface area (Å²) >= 11 is 0. The lowest BCUT2D eigenvalue weighted by atomic mass is 10.0. The standard InChI is InChI=1S/C29H40FN5O4/c1-20(2)26(33-27(36)21(3)31-4)28(37)35-17-16-34(18-23-8-6-5-7-9-23)19-25(35)39-29(38)32-15-14-22-10-12-24(30)13-11-22/h5-13,20-21,25-26,31H,14-19H2,1-4H3,(H,32,38)(H,33,36)/t21-,25-,26-/m0/s1. The van der Waals surface area contributed by atoms with E-state index in [9.17, 15) is 18.8 Å². The number of hydrogen-bond acceptors (Lipinski definition) is 6. The summed E-state index contributed by atoms with van der Waals surface area (Å²) in [4.78, 5) is 42.7. The van der Waals surface area contributed by atoms with Crippen LogP contribution in [0.15, 0.2) is 54.6 Å². The molecule has 10 heteroatoms. The van der Waals surface area contributed by atoms with Gasteiger partial charge < -0.3 is 25.6 Å². The molecule has 2 aromatic carbocycles. The Morgan fingerprint density at radius 1 is 1.00 bits per heavy atom. The van der Waals surface area contributed by atoms with Crippen molar-refractivity contribution in [3.63, 3.8) is 0 Å². The highest BCUT2D eigenvalue weighted by molar-refractivity contribution is 5.90. The van der Waals surface area contributed by atoms with E-state index in [0.717, 1.165) is 11.1 Å². The van der Waals surface area contributed by atoms with Gasteiger partial charge >= 0.3 is 6.09 Å². The Kier molecular flexibility index (Phi) is 11.2. The molecule has 3 amide bonds. The molecule has 1 aliphatic heterocycles. The minimum absolute atomic E-state index is 0.168. The highest BCUT2D eigenvalue weighted by atomic mass is 19.1. The molecular weight excluding hydrogens is 501 g/mol. The number of nitrogens with zero attached hydrogens (tertiary/aromatic N) is 2. The summed E-state index contributed by atoms with van der Waals surface area (Å²) in [5.74, 6) is -1.05. The summed E-state index contributed by atoms with van der Waals surface area (Å²) in [6.45, 7) is 7.69. The normalized spacial score (nSPS) is 17.4. The lowest BCUT2D eigenvalue weighted by molar-refractivity contribution is -0.153. The van der Waals surface area contributed by atoms with Crippen molar-refractivity contribution in [2.75, 3.05) is 33.2 Å². The molecule has 3 atom stereocenters. The summed E-state index contributed by atoms with van der Waals surface area (Å²) in [6, 6.07) is 14.8. The number of nitrogens with one attached hydrogen (secondary N) is 3. The summed E-state index contributed by atoms with van der Waals surface area (Å²) < 4.78 is 18.9. The van der Waals surface area contributed by atoms with Gasteiger partial charge in [-0.3, -0.25) is 14.5 Å². The van der Waals surface area contributed by atoms with Gasteiger partial charge in [-0.1, -0.05) is 56.3 Å². The fourth-order valence-electron chi connectivity index (χ4n) is 4.37. The number of amides is 3. The minimum Gasteiger partial charge on any atom is -0.424 e. The van der Waals surface area contributed by atoms with Crippen molar-refractivity contribution in [3.8, 4) is 0 Å². The van der Waals surface area contributed by atoms with Gasteiger partial charge in [0, 0.05) is 26.2 Å². The monoisotopic (exact) mass is 541 g/mol. The van der Waals surface area contributed by atoms with E-state index >= 15 is 0 Å². The first-order chi connectivity index (χ1) is 18.7. The quantitative estimate of drug-likeness (QED) is 0.404. The number of halogens is 1. The van der Waals surface area contributed by atoms with Crippen LogP contribution < -0.4 is 16.0 Å². The zero-order valence-electron chi connectivity index (χ0n) is 23.2. The predicted octanol–water partition coefficient (Wildman–Crippen LogP) is 2.51. The molecule has 2 aromatic rings. The van der Waals surface area contributed by atoms with E-state index in [4.69, 9.17) is 4.74 Å². The van der Waals surface area contributed by atoms with Crippen LogP contribution in [0.2, 0.25) is 0 Å². The van der Waals surface area contributed by atoms with Crippen LogP contribution in [0, 0.1) is 11.7 Å². The molecule has 0 spiro atoms. The van der Waals surface area contributed by atoms with E-state index in [0.29, 0.717) is 39.1 Å². The molecule has 39 heavy (non-hydrogen) atoms. The van der Waals surface area contributed by atoms with Crippen LogP contribution in [0.1, 0.15) is 31.9 Å². The van der Waals surface area contributed by atoms with Gasteiger partial charge in [-0.05, 0) is 49.6 Å². The molecule has 1 fully saturated rings. The molecule has 9 nitrogen and oxygen atoms in total. The van der Waals surface area contributed by atoms with Crippen LogP contribution in [0.5, 0.6) is 0 Å². The third-order valence-corrected chi connectivity index (χ3v) is 6.85. The van der Waals surface area contributed by atoms with Gasteiger partial charge in [0.1, 0.15) is 11.9 Å². The van der Waals surface area contributed by atoms with Crippen molar-refractivity contribution in [1.29, 1.82) is 0 Å². The van der Waals surface area contributed by atoms with Crippen molar-refractivity contribution in [2.24, 2.45) is 5.92 Å². The number of rotatable bonds is 11. The van der Waals surface area contributed by atoms with Gasteiger partial charge in [0.05, 0.1) is 12.6 Å². The van der Waals surface area contributed by atoms with Gasteiger partial charge in [-0.25, -0.2) is 9.18 Å². The maximum atomic E-state index is 13.7. The van der Waals surface area contributed by atoms with Crippen LogP contribution in [0.3, 0.4) is 0 Å². The molecule has 1 aliphatic rings. The summed E-state index contributed by atoms with van der Waals surface area (Å²) in [6.07, 6.45) is -0.968. The number of ether oxygens (including phenoxy) is 1. The maximum Gasteiger partial charge on any atom is 0.409 e. The van der Waals surface area contributed by atoms with Gasteiger partial charge in [-0.15, -0.1) is 0 Å². The van der Waals surface area contributed by atoms with E-state index in [2.05, 4.69) is 20.9 Å². The molecule has 0 bridgehead atoms. The van der Waals surface area contributed by atoms with Crippen LogP contribution in [0.4, 0.5) is 9.18 Å². The number of piperazine rings is 1. The molecule has 0 aromatic heterocycles. The van der Waals surface area contributed by atoms with Gasteiger partial charge in [0.25, 0.3) is 0 Å². The average molecular weight is 542 g/mol. The molecule has 212 valence electrons. The first-order valence-corrected chi connectivity index (χ1v) is 13.4. The second kappa shape index (κ2) is 14.6. The summed E-state index contributed by atoms with van der Waals surface area (Å²) in [5, 5.41) is 8.48. The van der Waals surface area contributed by atoms with Crippen molar-refractivity contribution < 1.29 is 23.5 Å². The van der Waals surface area contributed by atoms with Gasteiger partial charge in [0.2, 0.25) is 11.8 Å². The number of carbonyl (C=O) groups excluding carboxylic acids is 3. The van der Waals surface area contributed by atoms with E-state index in [-0.39, 0.29) is 23.5 Å². The summed E-state index contributed by atoms with van der Waals surface area (Å²) in [7, 11) is 1.68. The molecule has 1 heterocycles. The summed E-state index contributed by atoms with van der Waals surface area (Å²) in [5.41, 5.74) is 2.00. The SMILES string of the molecule is CN[C@@H](C)C(=O)N[C@H](C(=O)N1CCN(Cc2ccccc2)C[C@@H]1OC(=O)NCCc1ccc(F)cc1)C(C)C. The first kappa shape index (κ1) is 30.0. The zero-order valence-corrected chi connectivity index (χ0v) is 23.2. The van der Waals surface area contributed by atoms with Crippen molar-refractivity contribution in [1.82, 2.24) is 25.8 Å². The van der Waals surface area contributed by atoms with E-state index in [1.165, 1.54) is 12.1 Å². The van der Waals surface area contributed by atoms with Gasteiger partial charge in [-0.2, -0.15) is 0 Å². The Balaban J connectivity index is 1.69. The van der Waals surface area contributed by atoms with Crippen LogP contribution >= 0.6 is 0 Å². The third-order valence-electron chi connectivity index (χ3n) is 6.85.